The van der Waals surface area contributed by atoms with E-state index in [1.54, 1.807) is 42.5 Å². The minimum absolute atomic E-state index is 0.0833. The number of anilines is 1. The van der Waals surface area contributed by atoms with Crippen LogP contribution in [0.2, 0.25) is 0 Å². The van der Waals surface area contributed by atoms with Crippen LogP contribution >= 0.6 is 15.9 Å². The van der Waals surface area contributed by atoms with Crippen LogP contribution in [-0.2, 0) is 26.2 Å². The maximum Gasteiger partial charge on any atom is 0.264 e. The molecule has 4 rings (SSSR count). The first-order valence-corrected chi connectivity index (χ1v) is 16.4. The summed E-state index contributed by atoms with van der Waals surface area (Å²) in [6.07, 6.45) is 5.58. The van der Waals surface area contributed by atoms with Crippen molar-refractivity contribution in [2.45, 2.75) is 75.9 Å². The van der Waals surface area contributed by atoms with Crippen LogP contribution in [0.25, 0.3) is 0 Å². The monoisotopic (exact) mass is 639 g/mol. The fraction of sp³-hybridized carbons (Fsp3) is 0.375. The molecular formula is C32H38BrN3O4S. The van der Waals surface area contributed by atoms with E-state index in [0.717, 1.165) is 41.1 Å². The number of hydrogen-bond donors (Lipinski definition) is 1. The first-order chi connectivity index (χ1) is 19.7. The molecule has 3 aromatic carbocycles. The number of halogens is 1. The Labute approximate surface area is 252 Å². The second kappa shape index (κ2) is 14.1. The Kier molecular flexibility index (Phi) is 10.6. The number of carbonyl (C=O) groups is 2. The van der Waals surface area contributed by atoms with Crippen LogP contribution in [0, 0.1) is 6.92 Å². The molecule has 1 fully saturated rings. The summed E-state index contributed by atoms with van der Waals surface area (Å²) in [6.45, 7) is 3.61. The van der Waals surface area contributed by atoms with Gasteiger partial charge in [-0.25, -0.2) is 8.42 Å². The van der Waals surface area contributed by atoms with Gasteiger partial charge in [0.15, 0.2) is 0 Å². The molecule has 0 aliphatic heterocycles. The third-order valence-electron chi connectivity index (χ3n) is 7.52. The molecule has 0 heterocycles. The summed E-state index contributed by atoms with van der Waals surface area (Å²) in [7, 11) is -4.09. The van der Waals surface area contributed by atoms with Crippen molar-refractivity contribution in [3.8, 4) is 0 Å². The zero-order chi connectivity index (χ0) is 29.4. The Morgan fingerprint density at radius 3 is 2.27 bits per heavy atom. The maximum atomic E-state index is 14.2. The number of amides is 2. The summed E-state index contributed by atoms with van der Waals surface area (Å²) in [5.41, 5.74) is 2.31. The number of sulfonamides is 1. The van der Waals surface area contributed by atoms with E-state index >= 15 is 0 Å². The van der Waals surface area contributed by atoms with Crippen molar-refractivity contribution < 1.29 is 18.0 Å². The van der Waals surface area contributed by atoms with E-state index in [0.29, 0.717) is 16.6 Å². The topological polar surface area (TPSA) is 86.8 Å². The van der Waals surface area contributed by atoms with Crippen molar-refractivity contribution in [2.75, 3.05) is 10.8 Å². The quantitative estimate of drug-likeness (QED) is 0.270. The van der Waals surface area contributed by atoms with Gasteiger partial charge in [0.05, 0.1) is 10.6 Å². The molecule has 1 aliphatic carbocycles. The summed E-state index contributed by atoms with van der Waals surface area (Å²) in [6, 6.07) is 22.1. The van der Waals surface area contributed by atoms with Crippen molar-refractivity contribution in [1.82, 2.24) is 10.2 Å². The molecule has 0 spiro atoms. The molecule has 1 N–H and O–H groups in total. The van der Waals surface area contributed by atoms with Gasteiger partial charge >= 0.3 is 0 Å². The summed E-state index contributed by atoms with van der Waals surface area (Å²) < 4.78 is 29.6. The molecule has 0 saturated heterocycles. The van der Waals surface area contributed by atoms with Gasteiger partial charge in [0.1, 0.15) is 12.6 Å². The first kappa shape index (κ1) is 30.8. The maximum absolute atomic E-state index is 14.2. The van der Waals surface area contributed by atoms with Gasteiger partial charge in [0, 0.05) is 17.1 Å². The van der Waals surface area contributed by atoms with Crippen LogP contribution in [0.3, 0.4) is 0 Å². The molecule has 0 aromatic heterocycles. The van der Waals surface area contributed by atoms with Crippen molar-refractivity contribution in [2.24, 2.45) is 0 Å². The van der Waals surface area contributed by atoms with Gasteiger partial charge in [-0.15, -0.1) is 0 Å². The zero-order valence-corrected chi connectivity index (χ0v) is 26.0. The second-order valence-corrected chi connectivity index (χ2v) is 13.4. The van der Waals surface area contributed by atoms with Crippen molar-refractivity contribution in [1.29, 1.82) is 0 Å². The average molecular weight is 641 g/mol. The minimum atomic E-state index is -4.09. The van der Waals surface area contributed by atoms with E-state index in [4.69, 9.17) is 0 Å². The highest BCUT2D eigenvalue weighted by atomic mass is 79.9. The Morgan fingerprint density at radius 1 is 0.951 bits per heavy atom. The standard InChI is InChI=1S/C32H38BrN3O4S/c1-3-30(32(38)34-27-12-6-4-7-13-27)35(22-25-19-17-24(2)18-20-25)31(37)23-36(28-14-10-11-26(33)21-28)41(39,40)29-15-8-5-9-16-29/h5,8-11,14-21,27,30H,3-4,6-7,12-13,22-23H2,1-2H3,(H,34,38)/t30-/m0/s1. The number of nitrogens with zero attached hydrogens (tertiary/aromatic N) is 2. The van der Waals surface area contributed by atoms with E-state index in [9.17, 15) is 18.0 Å². The summed E-state index contributed by atoms with van der Waals surface area (Å²) >= 11 is 3.43. The van der Waals surface area contributed by atoms with Gasteiger partial charge in [0.25, 0.3) is 10.0 Å². The smallest absolute Gasteiger partial charge is 0.264 e. The fourth-order valence-corrected chi connectivity index (χ4v) is 7.05. The molecule has 1 atom stereocenters. The molecular weight excluding hydrogens is 602 g/mol. The summed E-state index contributed by atoms with van der Waals surface area (Å²) in [5, 5.41) is 3.18. The SMILES string of the molecule is CC[C@@H](C(=O)NC1CCCCC1)N(Cc1ccc(C)cc1)C(=O)CN(c1cccc(Br)c1)S(=O)(=O)c1ccccc1. The Hall–Kier alpha value is -3.17. The fourth-order valence-electron chi connectivity index (χ4n) is 5.23. The number of carbonyl (C=O) groups excluding carboxylic acids is 2. The molecule has 0 unspecified atom stereocenters. The lowest BCUT2D eigenvalue weighted by atomic mass is 9.95. The Bertz CT molecular complexity index is 1420. The van der Waals surface area contributed by atoms with E-state index in [-0.39, 0.29) is 23.4 Å². The molecule has 7 nitrogen and oxygen atoms in total. The van der Waals surface area contributed by atoms with E-state index in [2.05, 4.69) is 21.2 Å². The number of aryl methyl sites for hydroxylation is 1. The highest BCUT2D eigenvalue weighted by Crippen LogP contribution is 2.27. The second-order valence-electron chi connectivity index (χ2n) is 10.6. The van der Waals surface area contributed by atoms with Crippen molar-refractivity contribution in [3.63, 3.8) is 0 Å². The number of benzene rings is 3. The molecule has 9 heteroatoms. The largest absolute Gasteiger partial charge is 0.352 e. The van der Waals surface area contributed by atoms with Gasteiger partial charge in [-0.2, -0.15) is 0 Å². The summed E-state index contributed by atoms with van der Waals surface area (Å²) in [4.78, 5) is 29.4. The highest BCUT2D eigenvalue weighted by molar-refractivity contribution is 9.10. The minimum Gasteiger partial charge on any atom is -0.352 e. The van der Waals surface area contributed by atoms with Gasteiger partial charge in [-0.3, -0.25) is 13.9 Å². The average Bonchev–Trinajstić information content (AvgIpc) is 2.97. The van der Waals surface area contributed by atoms with Gasteiger partial charge in [-0.1, -0.05) is 96.2 Å². The van der Waals surface area contributed by atoms with Gasteiger partial charge in [-0.05, 0) is 62.1 Å². The number of hydrogen-bond acceptors (Lipinski definition) is 4. The molecule has 41 heavy (non-hydrogen) atoms. The van der Waals surface area contributed by atoms with Crippen LogP contribution in [0.1, 0.15) is 56.6 Å². The third-order valence-corrected chi connectivity index (χ3v) is 9.80. The lowest BCUT2D eigenvalue weighted by Crippen LogP contribution is -2.54. The predicted molar refractivity (Wildman–Crippen MR) is 166 cm³/mol. The first-order valence-electron chi connectivity index (χ1n) is 14.2. The third kappa shape index (κ3) is 7.98. The Morgan fingerprint density at radius 2 is 1.63 bits per heavy atom. The van der Waals surface area contributed by atoms with Crippen molar-refractivity contribution >= 4 is 43.5 Å². The lowest BCUT2D eigenvalue weighted by Gasteiger charge is -2.34. The molecule has 3 aromatic rings. The van der Waals surface area contributed by atoms with Gasteiger partial charge < -0.3 is 10.2 Å². The molecule has 0 radical (unpaired) electrons. The van der Waals surface area contributed by atoms with Crippen LogP contribution in [0.4, 0.5) is 5.69 Å². The lowest BCUT2D eigenvalue weighted by molar-refractivity contribution is -0.140. The summed E-state index contributed by atoms with van der Waals surface area (Å²) in [5.74, 6) is -0.643. The number of nitrogens with one attached hydrogen (secondary N) is 1. The molecule has 2 amide bonds. The van der Waals surface area contributed by atoms with E-state index in [1.807, 2.05) is 38.1 Å². The van der Waals surface area contributed by atoms with E-state index < -0.39 is 28.5 Å². The van der Waals surface area contributed by atoms with Crippen LogP contribution in [0.15, 0.2) is 88.2 Å². The van der Waals surface area contributed by atoms with Crippen LogP contribution in [-0.4, -0.2) is 43.8 Å². The molecule has 218 valence electrons. The number of rotatable bonds is 11. The predicted octanol–water partition coefficient (Wildman–Crippen LogP) is 6.21. The van der Waals surface area contributed by atoms with Crippen molar-refractivity contribution in [3.05, 3.63) is 94.5 Å². The molecule has 1 saturated carbocycles. The van der Waals surface area contributed by atoms with E-state index in [1.165, 1.54) is 23.5 Å². The van der Waals surface area contributed by atoms with Crippen LogP contribution in [0.5, 0.6) is 0 Å². The van der Waals surface area contributed by atoms with Gasteiger partial charge in [0.2, 0.25) is 11.8 Å². The normalized spacial score (nSPS) is 14.7. The van der Waals surface area contributed by atoms with Crippen LogP contribution < -0.4 is 9.62 Å². The zero-order valence-electron chi connectivity index (χ0n) is 23.6. The molecule has 0 bridgehead atoms. The Balaban J connectivity index is 1.69. The molecule has 1 aliphatic rings. The highest BCUT2D eigenvalue weighted by Gasteiger charge is 2.34.